The quantitative estimate of drug-likeness (QED) is 0.850. The summed E-state index contributed by atoms with van der Waals surface area (Å²) in [7, 11) is 0. The molecule has 0 atom stereocenters. The maximum Gasteiger partial charge on any atom is 0.340 e. The molecule has 0 amide bonds. The summed E-state index contributed by atoms with van der Waals surface area (Å²) < 4.78 is 26.5. The molecule has 1 heterocycles. The summed E-state index contributed by atoms with van der Waals surface area (Å²) in [6.45, 7) is -1.73. The summed E-state index contributed by atoms with van der Waals surface area (Å²) in [6.07, 6.45) is 0. The van der Waals surface area contributed by atoms with Gasteiger partial charge in [-0.3, -0.25) is 4.79 Å². The number of hydrogen-bond acceptors (Lipinski definition) is 2. The second kappa shape index (κ2) is 4.97. The maximum absolute atomic E-state index is 12.8. The fourth-order valence-electron chi connectivity index (χ4n) is 1.73. The molecule has 4 nitrogen and oxygen atoms in total. The van der Waals surface area contributed by atoms with Crippen LogP contribution < -0.4 is 11.2 Å². The van der Waals surface area contributed by atoms with Crippen LogP contribution in [0.1, 0.15) is 12.2 Å². The van der Waals surface area contributed by atoms with Gasteiger partial charge in [-0.2, -0.15) is 8.78 Å². The lowest BCUT2D eigenvalue weighted by molar-refractivity contribution is 0.0615. The van der Waals surface area contributed by atoms with Gasteiger partial charge in [0.05, 0.1) is 5.69 Å². The highest BCUT2D eigenvalue weighted by molar-refractivity contribution is 6.30. The molecule has 1 aromatic heterocycles. The monoisotopic (exact) mass is 286 g/mol. The van der Waals surface area contributed by atoms with Crippen molar-refractivity contribution >= 4 is 11.6 Å². The van der Waals surface area contributed by atoms with E-state index in [4.69, 9.17) is 11.6 Å². The van der Waals surface area contributed by atoms with Crippen molar-refractivity contribution in [1.29, 1.82) is 0 Å². The van der Waals surface area contributed by atoms with E-state index in [9.17, 15) is 18.4 Å². The first-order valence-electron chi connectivity index (χ1n) is 5.31. The first-order valence-corrected chi connectivity index (χ1v) is 5.69. The predicted octanol–water partition coefficient (Wildman–Crippen LogP) is 2.36. The van der Waals surface area contributed by atoms with Crippen LogP contribution >= 0.6 is 11.6 Å². The van der Waals surface area contributed by atoms with Gasteiger partial charge in [0.25, 0.3) is 5.56 Å². The first kappa shape index (κ1) is 13.5. The van der Waals surface area contributed by atoms with Crippen LogP contribution in [0.3, 0.4) is 0 Å². The molecule has 0 spiro atoms. The minimum Gasteiger partial charge on any atom is -0.269 e. The van der Waals surface area contributed by atoms with E-state index in [2.05, 4.69) is 0 Å². The molecule has 0 saturated carbocycles. The predicted molar refractivity (Wildman–Crippen MR) is 67.3 cm³/mol. The van der Waals surface area contributed by atoms with Crippen LogP contribution in [0.15, 0.2) is 39.9 Å². The number of rotatable bonds is 2. The van der Waals surface area contributed by atoms with Crippen molar-refractivity contribution < 1.29 is 8.78 Å². The Balaban J connectivity index is 2.78. The smallest absolute Gasteiger partial charge is 0.269 e. The van der Waals surface area contributed by atoms with Crippen LogP contribution in [-0.2, 0) is 0 Å². The molecule has 0 fully saturated rings. The van der Waals surface area contributed by atoms with E-state index in [1.807, 2.05) is 0 Å². The molecule has 0 N–H and O–H groups in total. The Labute approximate surface area is 111 Å². The van der Waals surface area contributed by atoms with Gasteiger partial charge in [0.2, 0.25) is 0 Å². The van der Waals surface area contributed by atoms with Gasteiger partial charge >= 0.3 is 12.2 Å². The Kier molecular flexibility index (Phi) is 3.53. The highest BCUT2D eigenvalue weighted by Crippen LogP contribution is 2.12. The Morgan fingerprint density at radius 1 is 1.16 bits per heavy atom. The molecular formula is C12H9ClF2N2O2. The van der Waals surface area contributed by atoms with Crippen LogP contribution in [0.2, 0.25) is 5.02 Å². The summed E-state index contributed by atoms with van der Waals surface area (Å²) in [6, 6.07) is 6.75. The second-order valence-electron chi connectivity index (χ2n) is 3.87. The van der Waals surface area contributed by atoms with Crippen molar-refractivity contribution in [3.8, 4) is 5.69 Å². The van der Waals surface area contributed by atoms with Crippen molar-refractivity contribution in [3.05, 3.63) is 61.9 Å². The first-order chi connectivity index (χ1) is 8.91. The molecule has 0 aliphatic heterocycles. The van der Waals surface area contributed by atoms with Crippen molar-refractivity contribution in [2.24, 2.45) is 0 Å². The SMILES string of the molecule is Cc1cc(=O)n(-c2ccc(Cl)cc2)c(=O)n1C(F)F. The van der Waals surface area contributed by atoms with Crippen molar-refractivity contribution in [2.75, 3.05) is 0 Å². The minimum atomic E-state index is -3.01. The lowest BCUT2D eigenvalue weighted by Crippen LogP contribution is -2.39. The van der Waals surface area contributed by atoms with Crippen molar-refractivity contribution in [1.82, 2.24) is 9.13 Å². The Morgan fingerprint density at radius 2 is 1.74 bits per heavy atom. The number of nitrogens with zero attached hydrogens (tertiary/aromatic N) is 2. The van der Waals surface area contributed by atoms with Crippen LogP contribution in [0.4, 0.5) is 8.78 Å². The van der Waals surface area contributed by atoms with Gasteiger partial charge < -0.3 is 0 Å². The minimum absolute atomic E-state index is 0.0878. The maximum atomic E-state index is 12.8. The number of benzene rings is 1. The van der Waals surface area contributed by atoms with Gasteiger partial charge in [-0.05, 0) is 31.2 Å². The number of aromatic nitrogens is 2. The molecule has 0 saturated heterocycles. The standard InChI is InChI=1S/C12H9ClF2N2O2/c1-7-6-10(18)17(12(19)16(7)11(14)15)9-4-2-8(13)3-5-9/h2-6,11H,1H3. The molecule has 2 rings (SSSR count). The molecule has 0 radical (unpaired) electrons. The molecule has 0 bridgehead atoms. The third kappa shape index (κ3) is 2.44. The summed E-state index contributed by atoms with van der Waals surface area (Å²) >= 11 is 5.69. The lowest BCUT2D eigenvalue weighted by Gasteiger charge is -2.12. The zero-order valence-electron chi connectivity index (χ0n) is 9.81. The topological polar surface area (TPSA) is 44.0 Å². The van der Waals surface area contributed by atoms with E-state index in [0.29, 0.717) is 9.59 Å². The largest absolute Gasteiger partial charge is 0.340 e. The third-order valence-corrected chi connectivity index (χ3v) is 2.86. The van der Waals surface area contributed by atoms with E-state index in [-0.39, 0.29) is 15.9 Å². The Hall–Kier alpha value is -1.95. The van der Waals surface area contributed by atoms with Gasteiger partial charge in [-0.25, -0.2) is 13.9 Å². The average Bonchev–Trinajstić information content (AvgIpc) is 2.30. The number of halogens is 3. The van der Waals surface area contributed by atoms with E-state index < -0.39 is 17.8 Å². The van der Waals surface area contributed by atoms with E-state index in [0.717, 1.165) is 6.07 Å². The summed E-state index contributed by atoms with van der Waals surface area (Å²) in [4.78, 5) is 23.7. The number of aryl methyl sites for hydroxylation is 1. The Bertz CT molecular complexity index is 720. The summed E-state index contributed by atoms with van der Waals surface area (Å²) in [5, 5.41) is 0.415. The van der Waals surface area contributed by atoms with Gasteiger partial charge in [-0.1, -0.05) is 11.6 Å². The fraction of sp³-hybridized carbons (Fsp3) is 0.167. The highest BCUT2D eigenvalue weighted by Gasteiger charge is 2.16. The van der Waals surface area contributed by atoms with Crippen LogP contribution in [-0.4, -0.2) is 9.13 Å². The molecule has 2 aromatic rings. The normalized spacial score (nSPS) is 11.0. The molecular weight excluding hydrogens is 278 g/mol. The molecule has 0 aliphatic rings. The van der Waals surface area contributed by atoms with Gasteiger partial charge in [0.15, 0.2) is 0 Å². The second-order valence-corrected chi connectivity index (χ2v) is 4.30. The molecule has 100 valence electrons. The number of alkyl halides is 2. The van der Waals surface area contributed by atoms with Crippen molar-refractivity contribution in [2.45, 2.75) is 13.5 Å². The zero-order chi connectivity index (χ0) is 14.2. The van der Waals surface area contributed by atoms with E-state index >= 15 is 0 Å². The summed E-state index contributed by atoms with van der Waals surface area (Å²) in [5.41, 5.74) is -1.65. The average molecular weight is 287 g/mol. The molecule has 19 heavy (non-hydrogen) atoms. The fourth-order valence-corrected chi connectivity index (χ4v) is 1.86. The van der Waals surface area contributed by atoms with E-state index in [1.165, 1.54) is 31.2 Å². The van der Waals surface area contributed by atoms with Gasteiger partial charge in [0.1, 0.15) is 0 Å². The summed E-state index contributed by atoms with van der Waals surface area (Å²) in [5.74, 6) is 0. The van der Waals surface area contributed by atoms with E-state index in [1.54, 1.807) is 0 Å². The van der Waals surface area contributed by atoms with Crippen LogP contribution in [0.5, 0.6) is 0 Å². The van der Waals surface area contributed by atoms with Gasteiger partial charge in [-0.15, -0.1) is 0 Å². The molecule has 0 unspecified atom stereocenters. The van der Waals surface area contributed by atoms with Gasteiger partial charge in [0, 0.05) is 16.8 Å². The third-order valence-electron chi connectivity index (χ3n) is 2.61. The molecule has 1 aromatic carbocycles. The van der Waals surface area contributed by atoms with Crippen molar-refractivity contribution in [3.63, 3.8) is 0 Å². The highest BCUT2D eigenvalue weighted by atomic mass is 35.5. The molecule has 7 heteroatoms. The number of hydrogen-bond donors (Lipinski definition) is 0. The Morgan fingerprint density at radius 3 is 2.26 bits per heavy atom. The molecule has 0 aliphatic carbocycles. The zero-order valence-corrected chi connectivity index (χ0v) is 10.6. The lowest BCUT2D eigenvalue weighted by atomic mass is 10.3. The van der Waals surface area contributed by atoms with Crippen LogP contribution in [0, 0.1) is 6.92 Å². The van der Waals surface area contributed by atoms with Crippen LogP contribution in [0.25, 0.3) is 5.69 Å².